The van der Waals surface area contributed by atoms with E-state index in [0.29, 0.717) is 16.6 Å². The van der Waals surface area contributed by atoms with Crippen LogP contribution in [-0.4, -0.2) is 66.4 Å². The maximum Gasteiger partial charge on any atom is 0.341 e. The zero-order valence-corrected chi connectivity index (χ0v) is 25.7. The minimum Gasteiger partial charge on any atom is -0.465 e. The molecular formula is C26H28N4O10S3. The Morgan fingerprint density at radius 1 is 1.07 bits per heavy atom. The van der Waals surface area contributed by atoms with Crippen LogP contribution < -0.4 is 10.1 Å². The van der Waals surface area contributed by atoms with E-state index < -0.39 is 50.0 Å². The highest BCUT2D eigenvalue weighted by Gasteiger charge is 2.29. The molecule has 2 aromatic heterocycles. The van der Waals surface area contributed by atoms with Crippen LogP contribution in [0.25, 0.3) is 10.2 Å². The summed E-state index contributed by atoms with van der Waals surface area (Å²) in [5.74, 6) is -5.44. The van der Waals surface area contributed by atoms with E-state index in [0.717, 1.165) is 41.0 Å². The van der Waals surface area contributed by atoms with Gasteiger partial charge in [-0.1, -0.05) is 11.3 Å². The first kappa shape index (κ1) is 32.0. The molecule has 0 unspecified atom stereocenters. The minimum atomic E-state index is -4.31. The van der Waals surface area contributed by atoms with Gasteiger partial charge in [0.2, 0.25) is 5.91 Å². The van der Waals surface area contributed by atoms with Crippen molar-refractivity contribution in [2.45, 2.75) is 46.1 Å². The van der Waals surface area contributed by atoms with Crippen LogP contribution in [0.3, 0.4) is 0 Å². The number of fused-ring (bicyclic) bond motifs is 2. The molecule has 0 spiro atoms. The number of aryl methyl sites for hydroxylation is 1. The number of esters is 2. The number of hydrogen-bond acceptors (Lipinski definition) is 12. The maximum atomic E-state index is 12.8. The largest absolute Gasteiger partial charge is 0.465 e. The van der Waals surface area contributed by atoms with Gasteiger partial charge < -0.3 is 19.4 Å². The van der Waals surface area contributed by atoms with E-state index in [9.17, 15) is 37.7 Å². The number of hydrogen-bond donors (Lipinski definition) is 1. The van der Waals surface area contributed by atoms with Crippen molar-refractivity contribution in [3.05, 3.63) is 49.1 Å². The third kappa shape index (κ3) is 7.71. The van der Waals surface area contributed by atoms with Crippen molar-refractivity contribution < 1.29 is 42.0 Å². The molecule has 0 bridgehead atoms. The van der Waals surface area contributed by atoms with Crippen LogP contribution in [0.15, 0.2) is 23.2 Å². The van der Waals surface area contributed by atoms with Gasteiger partial charge >= 0.3 is 11.9 Å². The number of thiophene rings is 1. The van der Waals surface area contributed by atoms with Crippen molar-refractivity contribution in [1.29, 1.82) is 0 Å². The van der Waals surface area contributed by atoms with E-state index in [1.807, 2.05) is 0 Å². The summed E-state index contributed by atoms with van der Waals surface area (Å²) in [4.78, 5) is 65.7. The number of nitro groups is 1. The second-order valence-corrected chi connectivity index (χ2v) is 13.6. The van der Waals surface area contributed by atoms with Gasteiger partial charge in [0, 0.05) is 17.0 Å². The second-order valence-electron chi connectivity index (χ2n) is 9.41. The molecular weight excluding hydrogens is 625 g/mol. The van der Waals surface area contributed by atoms with E-state index in [-0.39, 0.29) is 40.8 Å². The fourth-order valence-electron chi connectivity index (χ4n) is 4.56. The molecule has 0 radical (unpaired) electrons. The number of aromatic nitrogens is 1. The van der Waals surface area contributed by atoms with Gasteiger partial charge in [-0.15, -0.1) is 11.3 Å². The molecule has 2 heterocycles. The van der Waals surface area contributed by atoms with Crippen LogP contribution in [0.4, 0.5) is 10.7 Å². The summed E-state index contributed by atoms with van der Waals surface area (Å²) in [5, 5.41) is 13.9. The van der Waals surface area contributed by atoms with Crippen LogP contribution in [0.1, 0.15) is 47.5 Å². The molecule has 14 nitrogen and oxygen atoms in total. The minimum absolute atomic E-state index is 0.0727. The Hall–Kier alpha value is -3.96. The fraction of sp³-hybridized carbons (Fsp3) is 0.423. The number of nitro benzene ring substituents is 1. The zero-order valence-electron chi connectivity index (χ0n) is 23.2. The summed E-state index contributed by atoms with van der Waals surface area (Å²) < 4.78 is 37.4. The predicted octanol–water partition coefficient (Wildman–Crippen LogP) is 2.77. The van der Waals surface area contributed by atoms with Gasteiger partial charge in [-0.25, -0.2) is 13.2 Å². The Balaban J connectivity index is 1.55. The molecule has 0 saturated heterocycles. The molecule has 230 valence electrons. The molecule has 1 aliphatic carbocycles. The molecule has 0 saturated carbocycles. The van der Waals surface area contributed by atoms with Gasteiger partial charge in [0.05, 0.1) is 33.9 Å². The molecule has 4 rings (SSSR count). The lowest BCUT2D eigenvalue weighted by Gasteiger charge is -2.12. The number of rotatable bonds is 11. The molecule has 1 aliphatic rings. The first-order valence-corrected chi connectivity index (χ1v) is 16.7. The van der Waals surface area contributed by atoms with E-state index in [1.165, 1.54) is 34.1 Å². The Kier molecular flexibility index (Phi) is 10.1. The van der Waals surface area contributed by atoms with E-state index in [4.69, 9.17) is 9.47 Å². The van der Waals surface area contributed by atoms with Crippen LogP contribution >= 0.6 is 22.7 Å². The first-order valence-electron chi connectivity index (χ1n) is 13.2. The van der Waals surface area contributed by atoms with Crippen molar-refractivity contribution in [3.8, 4) is 0 Å². The Bertz CT molecular complexity index is 1790. The van der Waals surface area contributed by atoms with Crippen LogP contribution in [0.2, 0.25) is 0 Å². The number of carbonyl (C=O) groups excluding carboxylic acids is 4. The fourth-order valence-corrected chi connectivity index (χ4v) is 7.95. The molecule has 1 aromatic carbocycles. The number of nitrogens with zero attached hydrogens (tertiary/aromatic N) is 3. The summed E-state index contributed by atoms with van der Waals surface area (Å²) in [5.41, 5.74) is 1.16. The molecule has 0 atom stereocenters. The summed E-state index contributed by atoms with van der Waals surface area (Å²) in [7, 11) is -4.31. The normalized spacial score (nSPS) is 13.4. The lowest BCUT2D eigenvalue weighted by Crippen LogP contribution is -2.29. The van der Waals surface area contributed by atoms with Crippen LogP contribution in [-0.2, 0) is 53.1 Å². The number of nitrogens with one attached hydrogen (secondary N) is 1. The Morgan fingerprint density at radius 2 is 1.79 bits per heavy atom. The summed E-state index contributed by atoms with van der Waals surface area (Å²) in [6.45, 7) is 3.12. The molecule has 1 N–H and O–H groups in total. The lowest BCUT2D eigenvalue weighted by molar-refractivity contribution is -0.384. The average molecular weight is 653 g/mol. The number of amides is 2. The van der Waals surface area contributed by atoms with Gasteiger partial charge in [-0.2, -0.15) is 4.99 Å². The number of benzene rings is 1. The van der Waals surface area contributed by atoms with Gasteiger partial charge in [0.15, 0.2) is 14.6 Å². The van der Waals surface area contributed by atoms with Crippen molar-refractivity contribution in [2.24, 2.45) is 4.99 Å². The summed E-state index contributed by atoms with van der Waals surface area (Å²) in [6.07, 6.45) is 3.18. The number of thiazole rings is 1. The molecule has 3 aromatic rings. The SMILES string of the molecule is CCOC(=O)Cn1c(=NC(=O)CS(=O)(=O)CC(=O)Nc2sc3c(c2C(=O)OCC)CCCC3)sc2cc([N+](=O)[O-])ccc21. The highest BCUT2D eigenvalue weighted by atomic mass is 32.2. The number of non-ortho nitro benzene ring substituents is 1. The highest BCUT2D eigenvalue weighted by Crippen LogP contribution is 2.38. The van der Waals surface area contributed by atoms with Crippen LogP contribution in [0.5, 0.6) is 0 Å². The number of ether oxygens (including phenoxy) is 2. The highest BCUT2D eigenvalue weighted by molar-refractivity contribution is 7.92. The van der Waals surface area contributed by atoms with Gasteiger partial charge in [0.25, 0.3) is 11.6 Å². The summed E-state index contributed by atoms with van der Waals surface area (Å²) in [6, 6.07) is 3.86. The third-order valence-electron chi connectivity index (χ3n) is 6.29. The van der Waals surface area contributed by atoms with Gasteiger partial charge in [-0.05, 0) is 51.2 Å². The number of anilines is 1. The summed E-state index contributed by atoms with van der Waals surface area (Å²) >= 11 is 2.06. The Morgan fingerprint density at radius 3 is 2.49 bits per heavy atom. The smallest absolute Gasteiger partial charge is 0.341 e. The van der Waals surface area contributed by atoms with E-state index >= 15 is 0 Å². The first-order chi connectivity index (χ1) is 20.4. The van der Waals surface area contributed by atoms with Crippen LogP contribution in [0, 0.1) is 10.1 Å². The zero-order chi connectivity index (χ0) is 31.3. The van der Waals surface area contributed by atoms with Crippen molar-refractivity contribution >= 4 is 77.2 Å². The van der Waals surface area contributed by atoms with E-state index in [2.05, 4.69) is 10.3 Å². The standard InChI is InChI=1S/C26H28N4O10S3/c1-3-39-22(33)12-29-17-10-9-15(30(35)36)11-19(17)42-26(29)28-21(32)14-43(37,38)13-20(31)27-24-23(25(34)40-4-2)16-7-5-6-8-18(16)41-24/h9-11H,3-8,12-14H2,1-2H3,(H,27,31). The number of carbonyl (C=O) groups is 4. The van der Waals surface area contributed by atoms with Crippen molar-refractivity contribution in [3.63, 3.8) is 0 Å². The number of sulfone groups is 1. The molecule has 43 heavy (non-hydrogen) atoms. The topological polar surface area (TPSA) is 193 Å². The quantitative estimate of drug-likeness (QED) is 0.183. The Labute approximate surface area is 253 Å². The molecule has 0 aliphatic heterocycles. The van der Waals surface area contributed by atoms with Crippen molar-refractivity contribution in [1.82, 2.24) is 4.57 Å². The molecule has 2 amide bonds. The molecule has 0 fully saturated rings. The van der Waals surface area contributed by atoms with Crippen molar-refractivity contribution in [2.75, 3.05) is 30.0 Å². The third-order valence-corrected chi connectivity index (χ3v) is 9.93. The lowest BCUT2D eigenvalue weighted by atomic mass is 9.95. The second kappa shape index (κ2) is 13.6. The predicted molar refractivity (Wildman–Crippen MR) is 158 cm³/mol. The average Bonchev–Trinajstić information content (AvgIpc) is 3.44. The molecule has 17 heteroatoms. The van der Waals surface area contributed by atoms with E-state index in [1.54, 1.807) is 13.8 Å². The monoisotopic (exact) mass is 652 g/mol. The van der Waals surface area contributed by atoms with Gasteiger partial charge in [-0.3, -0.25) is 24.5 Å². The maximum absolute atomic E-state index is 12.8. The van der Waals surface area contributed by atoms with Gasteiger partial charge in [0.1, 0.15) is 23.1 Å².